The van der Waals surface area contributed by atoms with Gasteiger partial charge in [-0.25, -0.2) is 9.78 Å². The van der Waals surface area contributed by atoms with Gasteiger partial charge in [-0.2, -0.15) is 0 Å². The van der Waals surface area contributed by atoms with E-state index >= 15 is 0 Å². The maximum absolute atomic E-state index is 10.6. The summed E-state index contributed by atoms with van der Waals surface area (Å²) in [5.41, 5.74) is 0. The van der Waals surface area contributed by atoms with E-state index in [1.807, 2.05) is 0 Å². The largest absolute Gasteiger partial charge is 0.477 e. The van der Waals surface area contributed by atoms with Gasteiger partial charge in [0.15, 0.2) is 5.13 Å². The van der Waals surface area contributed by atoms with Gasteiger partial charge in [0, 0.05) is 6.04 Å². The molecule has 6 heteroatoms. The van der Waals surface area contributed by atoms with Gasteiger partial charge in [0.05, 0.1) is 0 Å². The molecule has 1 fully saturated rings. The number of carboxylic acid groups (broad SMARTS) is 1. The average Bonchev–Trinajstić information content (AvgIpc) is 2.75. The molecule has 0 atom stereocenters. The predicted molar refractivity (Wildman–Crippen MR) is 53.4 cm³/mol. The SMILES string of the molecule is O=C(O)c1sc(NC2CC2)nc1Br. The first kappa shape index (κ1) is 8.96. The van der Waals surface area contributed by atoms with E-state index in [4.69, 9.17) is 5.11 Å². The molecule has 1 aliphatic carbocycles. The van der Waals surface area contributed by atoms with Gasteiger partial charge < -0.3 is 10.4 Å². The van der Waals surface area contributed by atoms with Crippen LogP contribution in [0.25, 0.3) is 0 Å². The molecule has 0 spiro atoms. The van der Waals surface area contributed by atoms with Gasteiger partial charge in [-0.3, -0.25) is 0 Å². The summed E-state index contributed by atoms with van der Waals surface area (Å²) in [4.78, 5) is 15.0. The van der Waals surface area contributed by atoms with Crippen LogP contribution in [0.5, 0.6) is 0 Å². The number of carboxylic acids is 1. The van der Waals surface area contributed by atoms with Crippen LogP contribution >= 0.6 is 27.3 Å². The maximum atomic E-state index is 10.6. The fourth-order valence-electron chi connectivity index (χ4n) is 0.897. The van der Waals surface area contributed by atoms with Crippen molar-refractivity contribution in [3.63, 3.8) is 0 Å². The van der Waals surface area contributed by atoms with E-state index in [-0.39, 0.29) is 4.88 Å². The molecule has 13 heavy (non-hydrogen) atoms. The van der Waals surface area contributed by atoms with Gasteiger partial charge in [-0.15, -0.1) is 0 Å². The Morgan fingerprint density at radius 2 is 2.38 bits per heavy atom. The highest BCUT2D eigenvalue weighted by Crippen LogP contribution is 2.31. The molecule has 0 amide bonds. The third-order valence-electron chi connectivity index (χ3n) is 1.69. The highest BCUT2D eigenvalue weighted by molar-refractivity contribution is 9.10. The van der Waals surface area contributed by atoms with Crippen LogP contribution in [0.1, 0.15) is 22.5 Å². The number of aromatic nitrogens is 1. The van der Waals surface area contributed by atoms with E-state index in [9.17, 15) is 4.79 Å². The summed E-state index contributed by atoms with van der Waals surface area (Å²) in [5.74, 6) is -0.937. The second-order valence-electron chi connectivity index (χ2n) is 2.86. The number of hydrogen-bond acceptors (Lipinski definition) is 4. The number of hydrogen-bond donors (Lipinski definition) is 2. The molecule has 4 nitrogen and oxygen atoms in total. The van der Waals surface area contributed by atoms with Gasteiger partial charge in [-0.1, -0.05) is 11.3 Å². The van der Waals surface area contributed by atoms with E-state index in [1.165, 1.54) is 11.3 Å². The van der Waals surface area contributed by atoms with Crippen molar-refractivity contribution in [2.24, 2.45) is 0 Å². The summed E-state index contributed by atoms with van der Waals surface area (Å²) in [7, 11) is 0. The molecule has 0 unspecified atom stereocenters. The van der Waals surface area contributed by atoms with Gasteiger partial charge in [0.2, 0.25) is 0 Å². The van der Waals surface area contributed by atoms with E-state index in [0.717, 1.165) is 12.8 Å². The van der Waals surface area contributed by atoms with Crippen molar-refractivity contribution >= 4 is 38.4 Å². The maximum Gasteiger partial charge on any atom is 0.348 e. The number of rotatable bonds is 3. The first-order chi connectivity index (χ1) is 6.16. The van der Waals surface area contributed by atoms with Crippen LogP contribution in [-0.4, -0.2) is 22.1 Å². The fraction of sp³-hybridized carbons (Fsp3) is 0.429. The van der Waals surface area contributed by atoms with Gasteiger partial charge in [0.1, 0.15) is 9.48 Å². The molecule has 0 radical (unpaired) electrons. The number of nitrogens with zero attached hydrogens (tertiary/aromatic N) is 1. The zero-order valence-electron chi connectivity index (χ0n) is 6.58. The number of thiazole rings is 1. The fourth-order valence-corrected chi connectivity index (χ4v) is 2.38. The molecular formula is C7H7BrN2O2S. The molecule has 1 saturated carbocycles. The predicted octanol–water partition coefficient (Wildman–Crippen LogP) is 2.18. The third-order valence-corrected chi connectivity index (χ3v) is 3.50. The van der Waals surface area contributed by atoms with Crippen molar-refractivity contribution in [3.8, 4) is 0 Å². The van der Waals surface area contributed by atoms with Gasteiger partial charge in [0.25, 0.3) is 0 Å². The third kappa shape index (κ3) is 2.00. The zero-order valence-corrected chi connectivity index (χ0v) is 8.98. The minimum absolute atomic E-state index is 0.253. The van der Waals surface area contributed by atoms with Crippen LogP contribution in [0.2, 0.25) is 0 Å². The second-order valence-corrected chi connectivity index (χ2v) is 4.61. The Hall–Kier alpha value is -0.620. The molecule has 1 aliphatic rings. The molecule has 0 aliphatic heterocycles. The van der Waals surface area contributed by atoms with Crippen molar-refractivity contribution < 1.29 is 9.90 Å². The Balaban J connectivity index is 2.18. The molecule has 1 aromatic heterocycles. The summed E-state index contributed by atoms with van der Waals surface area (Å²) in [6.07, 6.45) is 2.30. The normalized spacial score (nSPS) is 15.8. The summed E-state index contributed by atoms with van der Waals surface area (Å²) in [6.45, 7) is 0. The summed E-state index contributed by atoms with van der Waals surface area (Å²) < 4.78 is 0.410. The van der Waals surface area contributed by atoms with Crippen molar-refractivity contribution in [3.05, 3.63) is 9.48 Å². The Morgan fingerprint density at radius 1 is 1.69 bits per heavy atom. The van der Waals surface area contributed by atoms with Crippen molar-refractivity contribution in [1.29, 1.82) is 0 Å². The topological polar surface area (TPSA) is 62.2 Å². The van der Waals surface area contributed by atoms with Crippen LogP contribution in [0.4, 0.5) is 5.13 Å². The number of carbonyl (C=O) groups is 1. The van der Waals surface area contributed by atoms with Crippen LogP contribution in [-0.2, 0) is 0 Å². The minimum atomic E-state index is -0.937. The summed E-state index contributed by atoms with van der Waals surface area (Å²) >= 11 is 4.27. The van der Waals surface area contributed by atoms with E-state index < -0.39 is 5.97 Å². The first-order valence-corrected chi connectivity index (χ1v) is 5.44. The Bertz CT molecular complexity index is 348. The second kappa shape index (κ2) is 3.26. The number of aromatic carboxylic acids is 1. The molecule has 1 heterocycles. The molecular weight excluding hydrogens is 256 g/mol. The number of anilines is 1. The lowest BCUT2D eigenvalue weighted by atomic mass is 10.6. The van der Waals surface area contributed by atoms with E-state index in [2.05, 4.69) is 26.2 Å². The Kier molecular flexibility index (Phi) is 2.25. The van der Waals surface area contributed by atoms with Crippen LogP contribution in [0, 0.1) is 0 Å². The minimum Gasteiger partial charge on any atom is -0.477 e. The van der Waals surface area contributed by atoms with Crippen LogP contribution in [0.3, 0.4) is 0 Å². The number of halogens is 1. The Labute approximate surface area is 87.1 Å². The molecule has 0 saturated heterocycles. The van der Waals surface area contributed by atoms with Crippen molar-refractivity contribution in [1.82, 2.24) is 4.98 Å². The summed E-state index contributed by atoms with van der Waals surface area (Å²) in [5, 5.41) is 12.6. The highest BCUT2D eigenvalue weighted by atomic mass is 79.9. The molecule has 2 rings (SSSR count). The lowest BCUT2D eigenvalue weighted by molar-refractivity contribution is 0.0701. The first-order valence-electron chi connectivity index (χ1n) is 3.83. The lowest BCUT2D eigenvalue weighted by Gasteiger charge is -1.94. The quantitative estimate of drug-likeness (QED) is 0.877. The van der Waals surface area contributed by atoms with Gasteiger partial charge >= 0.3 is 5.97 Å². The molecule has 0 bridgehead atoms. The molecule has 0 aromatic carbocycles. The smallest absolute Gasteiger partial charge is 0.348 e. The number of nitrogens with one attached hydrogen (secondary N) is 1. The standard InChI is InChI=1S/C7H7BrN2O2S/c8-5-4(6(11)12)13-7(10-5)9-3-1-2-3/h3H,1-2H2,(H,9,10)(H,11,12). The lowest BCUT2D eigenvalue weighted by Crippen LogP contribution is -1.99. The summed E-state index contributed by atoms with van der Waals surface area (Å²) in [6, 6.07) is 0.500. The van der Waals surface area contributed by atoms with Crippen molar-refractivity contribution in [2.45, 2.75) is 18.9 Å². The molecule has 2 N–H and O–H groups in total. The Morgan fingerprint density at radius 3 is 2.85 bits per heavy atom. The zero-order chi connectivity index (χ0) is 9.42. The van der Waals surface area contributed by atoms with Crippen molar-refractivity contribution in [2.75, 3.05) is 5.32 Å². The van der Waals surface area contributed by atoms with Crippen LogP contribution < -0.4 is 5.32 Å². The van der Waals surface area contributed by atoms with Crippen LogP contribution in [0.15, 0.2) is 4.60 Å². The van der Waals surface area contributed by atoms with E-state index in [1.54, 1.807) is 0 Å². The monoisotopic (exact) mass is 262 g/mol. The average molecular weight is 263 g/mol. The van der Waals surface area contributed by atoms with Gasteiger partial charge in [-0.05, 0) is 28.8 Å². The molecule has 70 valence electrons. The molecule has 1 aromatic rings. The van der Waals surface area contributed by atoms with E-state index in [0.29, 0.717) is 15.8 Å². The highest BCUT2D eigenvalue weighted by Gasteiger charge is 2.23.